The first-order valence-electron chi connectivity index (χ1n) is 5.91. The molecular formula is C14H22O. The number of hydrogen-bond acceptors (Lipinski definition) is 1. The lowest BCUT2D eigenvalue weighted by molar-refractivity contribution is -0.121. The van der Waals surface area contributed by atoms with Crippen molar-refractivity contribution in [1.82, 2.24) is 0 Å². The highest BCUT2D eigenvalue weighted by atomic mass is 16.1. The van der Waals surface area contributed by atoms with E-state index in [1.165, 1.54) is 11.1 Å². The Hall–Kier alpha value is -0.850. The summed E-state index contributed by atoms with van der Waals surface area (Å²) in [6.07, 6.45) is 10.0. The molecule has 1 aliphatic rings. The van der Waals surface area contributed by atoms with E-state index in [1.54, 1.807) is 6.92 Å². The molecule has 1 aliphatic carbocycles. The predicted molar refractivity (Wildman–Crippen MR) is 64.8 cm³/mol. The van der Waals surface area contributed by atoms with E-state index in [2.05, 4.69) is 26.0 Å². The maximum absolute atomic E-state index is 11.3. The molecule has 1 rings (SSSR count). The van der Waals surface area contributed by atoms with Crippen molar-refractivity contribution >= 4 is 5.78 Å². The average Bonchev–Trinajstić information content (AvgIpc) is 2.17. The zero-order valence-corrected chi connectivity index (χ0v) is 10.2. The smallest absolute Gasteiger partial charge is 0.133 e. The average molecular weight is 206 g/mol. The number of ketones is 1. The molecule has 0 radical (unpaired) electrons. The lowest BCUT2D eigenvalue weighted by Gasteiger charge is -2.20. The van der Waals surface area contributed by atoms with E-state index in [9.17, 15) is 4.79 Å². The molecule has 0 N–H and O–H groups in total. The summed E-state index contributed by atoms with van der Waals surface area (Å²) in [5.74, 6) is 0.666. The highest BCUT2D eigenvalue weighted by molar-refractivity contribution is 5.78. The van der Waals surface area contributed by atoms with Gasteiger partial charge in [-0.25, -0.2) is 0 Å². The Morgan fingerprint density at radius 3 is 2.80 bits per heavy atom. The van der Waals surface area contributed by atoms with Gasteiger partial charge in [0.25, 0.3) is 0 Å². The van der Waals surface area contributed by atoms with Gasteiger partial charge in [0.05, 0.1) is 0 Å². The zero-order valence-electron chi connectivity index (χ0n) is 10.2. The Kier molecular flexibility index (Phi) is 4.80. The van der Waals surface area contributed by atoms with Crippen LogP contribution in [0.5, 0.6) is 0 Å². The van der Waals surface area contributed by atoms with Gasteiger partial charge in [0.2, 0.25) is 0 Å². The van der Waals surface area contributed by atoms with Crippen molar-refractivity contribution in [3.05, 3.63) is 23.3 Å². The first-order chi connectivity index (χ1) is 7.09. The van der Waals surface area contributed by atoms with Crippen molar-refractivity contribution in [2.45, 2.75) is 52.9 Å². The second kappa shape index (κ2) is 5.89. The molecule has 15 heavy (non-hydrogen) atoms. The van der Waals surface area contributed by atoms with Gasteiger partial charge in [-0.2, -0.15) is 0 Å². The molecule has 0 spiro atoms. The van der Waals surface area contributed by atoms with Crippen LogP contribution >= 0.6 is 0 Å². The van der Waals surface area contributed by atoms with E-state index in [0.717, 1.165) is 32.1 Å². The predicted octanol–water partition coefficient (Wildman–Crippen LogP) is 4.05. The Morgan fingerprint density at radius 1 is 1.47 bits per heavy atom. The van der Waals surface area contributed by atoms with Crippen LogP contribution in [0.25, 0.3) is 0 Å². The van der Waals surface area contributed by atoms with Crippen molar-refractivity contribution in [3.8, 4) is 0 Å². The summed E-state index contributed by atoms with van der Waals surface area (Å²) in [5, 5.41) is 0. The van der Waals surface area contributed by atoms with Gasteiger partial charge in [-0.1, -0.05) is 23.3 Å². The van der Waals surface area contributed by atoms with Crippen molar-refractivity contribution in [3.63, 3.8) is 0 Å². The molecule has 0 heterocycles. The minimum absolute atomic E-state index is 0.303. The van der Waals surface area contributed by atoms with Gasteiger partial charge in [-0.3, -0.25) is 4.79 Å². The fourth-order valence-corrected chi connectivity index (χ4v) is 2.09. The lowest BCUT2D eigenvalue weighted by Crippen LogP contribution is -2.14. The zero-order chi connectivity index (χ0) is 11.3. The van der Waals surface area contributed by atoms with Gasteiger partial charge < -0.3 is 0 Å². The van der Waals surface area contributed by atoms with Gasteiger partial charge in [-0.05, 0) is 52.9 Å². The monoisotopic (exact) mass is 206 g/mol. The third kappa shape index (κ3) is 4.46. The summed E-state index contributed by atoms with van der Waals surface area (Å²) in [4.78, 5) is 11.3. The Morgan fingerprint density at radius 2 is 2.20 bits per heavy atom. The largest absolute Gasteiger partial charge is 0.300 e. The Balaban J connectivity index is 2.40. The Labute approximate surface area is 93.3 Å². The molecule has 0 bridgehead atoms. The molecule has 0 fully saturated rings. The minimum Gasteiger partial charge on any atom is -0.300 e. The molecule has 0 aromatic carbocycles. The van der Waals surface area contributed by atoms with Gasteiger partial charge in [0, 0.05) is 5.92 Å². The maximum atomic E-state index is 11.3. The molecule has 0 amide bonds. The fraction of sp³-hybridized carbons (Fsp3) is 0.643. The van der Waals surface area contributed by atoms with Gasteiger partial charge >= 0.3 is 0 Å². The van der Waals surface area contributed by atoms with E-state index in [-0.39, 0.29) is 0 Å². The van der Waals surface area contributed by atoms with Crippen LogP contribution in [0, 0.1) is 5.92 Å². The van der Waals surface area contributed by atoms with Crippen LogP contribution in [0.3, 0.4) is 0 Å². The molecule has 84 valence electrons. The molecule has 0 aliphatic heterocycles. The molecule has 1 nitrogen and oxygen atoms in total. The van der Waals surface area contributed by atoms with E-state index in [1.807, 2.05) is 0 Å². The fourth-order valence-electron chi connectivity index (χ4n) is 2.09. The molecule has 0 saturated carbocycles. The molecule has 1 heteroatoms. The van der Waals surface area contributed by atoms with Crippen molar-refractivity contribution < 1.29 is 4.79 Å². The summed E-state index contributed by atoms with van der Waals surface area (Å²) in [6, 6.07) is 0. The molecule has 0 unspecified atom stereocenters. The number of carbonyl (C=O) groups is 1. The number of Topliss-reactive ketones (excluding diaryl/α,β-unsaturated/α-hetero) is 1. The van der Waals surface area contributed by atoms with Crippen molar-refractivity contribution in [2.24, 2.45) is 5.92 Å². The molecular weight excluding hydrogens is 184 g/mol. The molecule has 1 atom stereocenters. The van der Waals surface area contributed by atoms with Crippen LogP contribution in [0.4, 0.5) is 0 Å². The molecule has 0 saturated heterocycles. The Bertz CT molecular complexity index is 280. The van der Waals surface area contributed by atoms with E-state index < -0.39 is 0 Å². The number of hydrogen-bond donors (Lipinski definition) is 0. The standard InChI is InChI=1S/C14H22O/c1-11(2)6-4-7-13-8-5-9-14(10-13)12(3)15/h6,8,14H,4-5,7,9-10H2,1-3H3/t14-/m1/s1. The second-order valence-corrected chi connectivity index (χ2v) is 4.77. The van der Waals surface area contributed by atoms with Crippen molar-refractivity contribution in [1.29, 1.82) is 0 Å². The van der Waals surface area contributed by atoms with Crippen LogP contribution in [0.15, 0.2) is 23.3 Å². The van der Waals surface area contributed by atoms with Crippen LogP contribution in [0.1, 0.15) is 52.9 Å². The van der Waals surface area contributed by atoms with E-state index in [0.29, 0.717) is 11.7 Å². The van der Waals surface area contributed by atoms with Crippen molar-refractivity contribution in [2.75, 3.05) is 0 Å². The quantitative estimate of drug-likeness (QED) is 0.634. The highest BCUT2D eigenvalue weighted by Crippen LogP contribution is 2.27. The highest BCUT2D eigenvalue weighted by Gasteiger charge is 2.18. The van der Waals surface area contributed by atoms with Gasteiger partial charge in [-0.15, -0.1) is 0 Å². The third-order valence-corrected chi connectivity index (χ3v) is 3.05. The SMILES string of the molecule is CC(=O)[C@@H]1CCC=C(CCC=C(C)C)C1. The number of carbonyl (C=O) groups excluding carboxylic acids is 1. The normalized spacial score (nSPS) is 20.7. The first-order valence-corrected chi connectivity index (χ1v) is 5.91. The van der Waals surface area contributed by atoms with Crippen LogP contribution in [0.2, 0.25) is 0 Å². The molecule has 0 aromatic rings. The summed E-state index contributed by atoms with van der Waals surface area (Å²) in [5.41, 5.74) is 2.87. The minimum atomic E-state index is 0.303. The lowest BCUT2D eigenvalue weighted by atomic mass is 9.85. The number of rotatable bonds is 4. The van der Waals surface area contributed by atoms with Gasteiger partial charge in [0.15, 0.2) is 0 Å². The number of allylic oxidation sites excluding steroid dienone is 4. The van der Waals surface area contributed by atoms with Crippen LogP contribution in [-0.4, -0.2) is 5.78 Å². The molecule has 0 aromatic heterocycles. The van der Waals surface area contributed by atoms with Crippen LogP contribution < -0.4 is 0 Å². The summed E-state index contributed by atoms with van der Waals surface area (Å²) in [7, 11) is 0. The maximum Gasteiger partial charge on any atom is 0.133 e. The van der Waals surface area contributed by atoms with Gasteiger partial charge in [0.1, 0.15) is 5.78 Å². The first kappa shape index (κ1) is 12.2. The van der Waals surface area contributed by atoms with Crippen LogP contribution in [-0.2, 0) is 4.79 Å². The summed E-state index contributed by atoms with van der Waals surface area (Å²) in [6.45, 7) is 5.99. The van der Waals surface area contributed by atoms with E-state index in [4.69, 9.17) is 0 Å². The topological polar surface area (TPSA) is 17.1 Å². The second-order valence-electron chi connectivity index (χ2n) is 4.77. The van der Waals surface area contributed by atoms with E-state index >= 15 is 0 Å². The third-order valence-electron chi connectivity index (χ3n) is 3.05. The summed E-state index contributed by atoms with van der Waals surface area (Å²) < 4.78 is 0. The summed E-state index contributed by atoms with van der Waals surface area (Å²) >= 11 is 0.